The van der Waals surface area contributed by atoms with Crippen molar-refractivity contribution in [3.05, 3.63) is 93.4 Å². The third kappa shape index (κ3) is 3.39. The van der Waals surface area contributed by atoms with Gasteiger partial charge in [-0.25, -0.2) is 0 Å². The fourth-order valence-corrected chi connectivity index (χ4v) is 4.31. The lowest BCUT2D eigenvalue weighted by molar-refractivity contribution is -0.117. The number of nitrogens with zero attached hydrogens (tertiary/aromatic N) is 1. The summed E-state index contributed by atoms with van der Waals surface area (Å²) in [4.78, 5) is 28.2. The highest BCUT2D eigenvalue weighted by molar-refractivity contribution is 7.12. The van der Waals surface area contributed by atoms with E-state index in [0.717, 1.165) is 5.56 Å². The van der Waals surface area contributed by atoms with Crippen LogP contribution in [0.1, 0.15) is 46.6 Å². The van der Waals surface area contributed by atoms with Crippen molar-refractivity contribution in [2.24, 2.45) is 0 Å². The van der Waals surface area contributed by atoms with Crippen LogP contribution in [0.3, 0.4) is 0 Å². The van der Waals surface area contributed by atoms with Crippen molar-refractivity contribution in [3.8, 4) is 5.75 Å². The molecule has 0 fully saturated rings. The number of rotatable bonds is 5. The number of benzene rings is 2. The minimum atomic E-state index is -0.794. The molecule has 0 aliphatic carbocycles. The Morgan fingerprint density at radius 3 is 2.23 bits per heavy atom. The van der Waals surface area contributed by atoms with E-state index in [0.29, 0.717) is 22.0 Å². The Hall–Kier alpha value is -3.38. The fraction of sp³-hybridized carbons (Fsp3) is 0.167. The number of amides is 1. The first-order valence-electron chi connectivity index (χ1n) is 9.62. The van der Waals surface area contributed by atoms with Crippen LogP contribution in [-0.4, -0.2) is 21.9 Å². The minimum absolute atomic E-state index is 0.0427. The average Bonchev–Trinajstić information content (AvgIpc) is 3.36. The molecule has 6 heteroatoms. The van der Waals surface area contributed by atoms with E-state index < -0.39 is 17.7 Å². The van der Waals surface area contributed by atoms with E-state index >= 15 is 0 Å². The summed E-state index contributed by atoms with van der Waals surface area (Å²) in [5.74, 6) is -1.13. The lowest BCUT2D eigenvalue weighted by Gasteiger charge is -2.27. The van der Waals surface area contributed by atoms with Crippen LogP contribution in [0.4, 0.5) is 5.69 Å². The van der Waals surface area contributed by atoms with Crippen molar-refractivity contribution < 1.29 is 19.8 Å². The molecule has 1 aromatic heterocycles. The number of aliphatic hydroxyl groups excluding tert-OH is 1. The minimum Gasteiger partial charge on any atom is -0.508 e. The summed E-state index contributed by atoms with van der Waals surface area (Å²) < 4.78 is 0. The quantitative estimate of drug-likeness (QED) is 0.546. The molecule has 0 saturated heterocycles. The Bertz CT molecular complexity index is 1110. The molecule has 2 aromatic carbocycles. The molecule has 1 unspecified atom stereocenters. The number of anilines is 1. The molecule has 1 amide bonds. The van der Waals surface area contributed by atoms with E-state index in [1.165, 1.54) is 28.4 Å². The number of hydrogen-bond donors (Lipinski definition) is 2. The first-order chi connectivity index (χ1) is 14.4. The van der Waals surface area contributed by atoms with E-state index in [4.69, 9.17) is 0 Å². The molecule has 1 aliphatic rings. The second-order valence-electron chi connectivity index (χ2n) is 7.48. The molecule has 30 heavy (non-hydrogen) atoms. The number of ketones is 1. The molecular formula is C24H21NO4S. The van der Waals surface area contributed by atoms with Gasteiger partial charge in [-0.05, 0) is 52.8 Å². The lowest BCUT2D eigenvalue weighted by Crippen LogP contribution is -2.31. The van der Waals surface area contributed by atoms with Gasteiger partial charge in [-0.15, -0.1) is 11.3 Å². The highest BCUT2D eigenvalue weighted by atomic mass is 32.1. The zero-order valence-electron chi connectivity index (χ0n) is 16.6. The number of thiophene rings is 1. The summed E-state index contributed by atoms with van der Waals surface area (Å²) in [6.45, 7) is 4.17. The highest BCUT2D eigenvalue weighted by Gasteiger charge is 2.44. The molecule has 3 aromatic rings. The molecule has 152 valence electrons. The molecule has 2 heterocycles. The molecular weight excluding hydrogens is 398 g/mol. The van der Waals surface area contributed by atoms with Gasteiger partial charge in [0.2, 0.25) is 5.78 Å². The van der Waals surface area contributed by atoms with E-state index in [-0.39, 0.29) is 17.1 Å². The van der Waals surface area contributed by atoms with Gasteiger partial charge in [-0.1, -0.05) is 44.2 Å². The van der Waals surface area contributed by atoms with E-state index in [9.17, 15) is 19.8 Å². The fourth-order valence-electron chi connectivity index (χ4n) is 3.64. The Kier molecular flexibility index (Phi) is 5.18. The Labute approximate surface area is 178 Å². The molecule has 0 saturated carbocycles. The number of aromatic hydroxyl groups is 1. The highest BCUT2D eigenvalue weighted by Crippen LogP contribution is 2.42. The average molecular weight is 420 g/mol. The van der Waals surface area contributed by atoms with Gasteiger partial charge in [0.05, 0.1) is 16.5 Å². The zero-order valence-corrected chi connectivity index (χ0v) is 17.4. The van der Waals surface area contributed by atoms with Crippen LogP contribution in [0, 0.1) is 0 Å². The predicted molar refractivity (Wildman–Crippen MR) is 117 cm³/mol. The van der Waals surface area contributed by atoms with E-state index in [1.807, 2.05) is 24.3 Å². The molecule has 4 rings (SSSR count). The normalized spacial score (nSPS) is 16.6. The first-order valence-corrected chi connectivity index (χ1v) is 10.5. The van der Waals surface area contributed by atoms with Gasteiger partial charge in [0, 0.05) is 5.69 Å². The van der Waals surface area contributed by atoms with Gasteiger partial charge in [0.25, 0.3) is 5.91 Å². The summed E-state index contributed by atoms with van der Waals surface area (Å²) in [7, 11) is 0. The van der Waals surface area contributed by atoms with Crippen molar-refractivity contribution in [1.29, 1.82) is 0 Å². The van der Waals surface area contributed by atoms with Crippen LogP contribution in [0.15, 0.2) is 77.4 Å². The maximum Gasteiger partial charge on any atom is 0.294 e. The van der Waals surface area contributed by atoms with Gasteiger partial charge in [-0.3, -0.25) is 14.5 Å². The maximum atomic E-state index is 13.2. The molecule has 0 bridgehead atoms. The number of aliphatic hydroxyl groups is 1. The maximum absolute atomic E-state index is 13.2. The molecule has 0 spiro atoms. The second kappa shape index (κ2) is 7.80. The monoisotopic (exact) mass is 419 g/mol. The van der Waals surface area contributed by atoms with Gasteiger partial charge < -0.3 is 10.2 Å². The van der Waals surface area contributed by atoms with Crippen LogP contribution < -0.4 is 4.90 Å². The van der Waals surface area contributed by atoms with E-state index in [2.05, 4.69) is 13.8 Å². The van der Waals surface area contributed by atoms with Crippen molar-refractivity contribution in [1.82, 2.24) is 0 Å². The van der Waals surface area contributed by atoms with Crippen LogP contribution >= 0.6 is 11.3 Å². The lowest BCUT2D eigenvalue weighted by atomic mass is 9.95. The number of carbonyl (C=O) groups is 2. The Morgan fingerprint density at radius 2 is 1.67 bits per heavy atom. The summed E-state index contributed by atoms with van der Waals surface area (Å²) in [5.41, 5.74) is 2.38. The summed E-state index contributed by atoms with van der Waals surface area (Å²) in [5, 5.41) is 22.2. The molecule has 0 radical (unpaired) electrons. The number of phenols is 1. The molecule has 1 aliphatic heterocycles. The molecule has 5 nitrogen and oxygen atoms in total. The van der Waals surface area contributed by atoms with Gasteiger partial charge in [0.15, 0.2) is 5.76 Å². The van der Waals surface area contributed by atoms with Crippen molar-refractivity contribution in [2.45, 2.75) is 25.8 Å². The SMILES string of the molecule is CC(C)c1ccc(N2C(=O)C(O)=C(C(=O)c3cccs3)C2c2ccc(O)cc2)cc1. The topological polar surface area (TPSA) is 77.8 Å². The van der Waals surface area contributed by atoms with E-state index in [1.54, 1.807) is 29.6 Å². The number of phenolic OH excluding ortho intramolecular Hbond substituents is 1. The standard InChI is InChI=1S/C24H21NO4S/c1-14(2)15-5-9-17(10-6-15)25-21(16-7-11-18(26)12-8-16)20(23(28)24(25)29)22(27)19-4-3-13-30-19/h3-14,21,26,28H,1-2H3. The summed E-state index contributed by atoms with van der Waals surface area (Å²) in [6, 6.07) is 16.5. The Balaban J connectivity index is 1.84. The van der Waals surface area contributed by atoms with Crippen LogP contribution in [-0.2, 0) is 4.79 Å². The number of Topliss-reactive ketones (excluding diaryl/α,β-unsaturated/α-hetero) is 1. The van der Waals surface area contributed by atoms with Crippen LogP contribution in [0.5, 0.6) is 5.75 Å². The first kappa shape index (κ1) is 19.9. The largest absolute Gasteiger partial charge is 0.508 e. The van der Waals surface area contributed by atoms with Gasteiger partial charge in [0.1, 0.15) is 5.75 Å². The zero-order chi connectivity index (χ0) is 21.4. The van der Waals surface area contributed by atoms with Gasteiger partial charge in [-0.2, -0.15) is 0 Å². The third-order valence-corrected chi connectivity index (χ3v) is 6.11. The predicted octanol–water partition coefficient (Wildman–Crippen LogP) is 5.36. The smallest absolute Gasteiger partial charge is 0.294 e. The van der Waals surface area contributed by atoms with Crippen molar-refractivity contribution in [2.75, 3.05) is 4.90 Å². The molecule has 2 N–H and O–H groups in total. The summed E-state index contributed by atoms with van der Waals surface area (Å²) in [6.07, 6.45) is 0. The van der Waals surface area contributed by atoms with Crippen LogP contribution in [0.2, 0.25) is 0 Å². The summed E-state index contributed by atoms with van der Waals surface area (Å²) >= 11 is 1.26. The van der Waals surface area contributed by atoms with Crippen LogP contribution in [0.25, 0.3) is 0 Å². The molecule has 1 atom stereocenters. The number of hydrogen-bond acceptors (Lipinski definition) is 5. The van der Waals surface area contributed by atoms with Gasteiger partial charge >= 0.3 is 0 Å². The van der Waals surface area contributed by atoms with Crippen molar-refractivity contribution >= 4 is 28.7 Å². The number of carbonyl (C=O) groups excluding carboxylic acids is 2. The third-order valence-electron chi connectivity index (χ3n) is 5.24. The second-order valence-corrected chi connectivity index (χ2v) is 8.43. The Morgan fingerprint density at radius 1 is 1.00 bits per heavy atom. The van der Waals surface area contributed by atoms with Crippen molar-refractivity contribution in [3.63, 3.8) is 0 Å².